The van der Waals surface area contributed by atoms with Crippen molar-refractivity contribution in [1.29, 1.82) is 0 Å². The summed E-state index contributed by atoms with van der Waals surface area (Å²) in [4.78, 5) is 7.27. The predicted molar refractivity (Wildman–Crippen MR) is 15.9 cm³/mol. The van der Waals surface area contributed by atoms with E-state index in [1.165, 1.54) is 0 Å². The molecule has 0 spiro atoms. The minimum Gasteiger partial charge on any atom is -0.153 e. The minimum atomic E-state index is -4.94. The Labute approximate surface area is 37.8 Å². The van der Waals surface area contributed by atoms with Crippen LogP contribution in [0.25, 0.3) is 0 Å². The van der Waals surface area contributed by atoms with Gasteiger partial charge in [0.05, 0.1) is 0 Å². The summed E-state index contributed by atoms with van der Waals surface area (Å²) in [6.07, 6.45) is 0. The third-order valence-electron chi connectivity index (χ3n) is 0.217. The molecular formula is CHF3O2P+. The number of rotatable bonds is 0. The monoisotopic (exact) mass is 133 g/mol. The van der Waals surface area contributed by atoms with E-state index < -0.39 is 13.9 Å². The van der Waals surface area contributed by atoms with Gasteiger partial charge in [-0.15, -0.1) is 13.2 Å². The van der Waals surface area contributed by atoms with Crippen molar-refractivity contribution in [2.75, 3.05) is 0 Å². The van der Waals surface area contributed by atoms with Gasteiger partial charge in [-0.3, -0.25) is 0 Å². The lowest BCUT2D eigenvalue weighted by molar-refractivity contribution is -0.0499. The third kappa shape index (κ3) is 2.53. The molecule has 2 nitrogen and oxygen atoms in total. The Bertz CT molecular complexity index is 85.4. The van der Waals surface area contributed by atoms with E-state index in [1.807, 2.05) is 0 Å². The van der Waals surface area contributed by atoms with Crippen LogP contribution in [0.1, 0.15) is 0 Å². The summed E-state index contributed by atoms with van der Waals surface area (Å²) in [5, 5.41) is 0. The van der Waals surface area contributed by atoms with Crippen molar-refractivity contribution in [3.63, 3.8) is 0 Å². The van der Waals surface area contributed by atoms with Gasteiger partial charge in [-0.2, -0.15) is 4.89 Å². The topological polar surface area (TPSA) is 37.3 Å². The smallest absolute Gasteiger partial charge is 0.153 e. The van der Waals surface area contributed by atoms with E-state index >= 15 is 0 Å². The second-order valence-corrected chi connectivity index (χ2v) is 1.79. The Morgan fingerprint density at radius 1 is 1.43 bits per heavy atom. The fraction of sp³-hybridized carbons (Fsp3) is 1.00. The van der Waals surface area contributed by atoms with Gasteiger partial charge in [-0.25, -0.2) is 0 Å². The molecule has 0 saturated carbocycles. The maximum Gasteiger partial charge on any atom is 0.639 e. The molecule has 1 unspecified atom stereocenters. The largest absolute Gasteiger partial charge is 0.639 e. The lowest BCUT2D eigenvalue weighted by atomic mass is 11.6. The first-order chi connectivity index (χ1) is 2.94. The van der Waals surface area contributed by atoms with Crippen LogP contribution in [0.2, 0.25) is 0 Å². The van der Waals surface area contributed by atoms with Gasteiger partial charge in [0.1, 0.15) is 0 Å². The molecule has 0 rings (SSSR count). The van der Waals surface area contributed by atoms with Crippen molar-refractivity contribution in [2.24, 2.45) is 0 Å². The van der Waals surface area contributed by atoms with Crippen LogP contribution < -0.4 is 0 Å². The van der Waals surface area contributed by atoms with Crippen LogP contribution in [0.15, 0.2) is 0 Å². The highest BCUT2D eigenvalue weighted by Gasteiger charge is 2.53. The first kappa shape index (κ1) is 6.85. The second-order valence-electron chi connectivity index (χ2n) is 0.741. The lowest BCUT2D eigenvalue weighted by Gasteiger charge is -1.80. The van der Waals surface area contributed by atoms with Gasteiger partial charge >= 0.3 is 13.9 Å². The zero-order valence-electron chi connectivity index (χ0n) is 2.94. The molecule has 0 aliphatic carbocycles. The van der Waals surface area contributed by atoms with Gasteiger partial charge in [0, 0.05) is 0 Å². The number of hydrogen-bond donors (Lipinski definition) is 1. The molecule has 0 radical (unpaired) electrons. The maximum atomic E-state index is 10.6. The molecule has 42 valence electrons. The number of alkyl halides is 3. The summed E-state index contributed by atoms with van der Waals surface area (Å²) in [7, 11) is -3.99. The highest BCUT2D eigenvalue weighted by molar-refractivity contribution is 7.39. The third-order valence-corrected chi connectivity index (χ3v) is 0.651. The Hall–Kier alpha value is -0.150. The van der Waals surface area contributed by atoms with Crippen molar-refractivity contribution < 1.29 is 22.6 Å². The lowest BCUT2D eigenvalue weighted by Crippen LogP contribution is -1.97. The standard InChI is InChI=1S/CF3O2P/c2-1(3,4)7(5)6/p+1. The molecule has 6 heteroatoms. The average Bonchev–Trinajstić information content (AvgIpc) is 1.31. The van der Waals surface area contributed by atoms with Crippen molar-refractivity contribution in [1.82, 2.24) is 0 Å². The normalized spacial score (nSPS) is 14.0. The molecule has 0 aromatic carbocycles. The van der Waals surface area contributed by atoms with E-state index in [2.05, 4.69) is 0 Å². The molecule has 0 bridgehead atoms. The van der Waals surface area contributed by atoms with Crippen molar-refractivity contribution >= 4 is 8.03 Å². The van der Waals surface area contributed by atoms with Crippen LogP contribution >= 0.6 is 8.03 Å². The highest BCUT2D eigenvalue weighted by Crippen LogP contribution is 2.38. The molecule has 0 aromatic heterocycles. The van der Waals surface area contributed by atoms with Crippen LogP contribution in [0.3, 0.4) is 0 Å². The zero-order chi connectivity index (χ0) is 6.08. The fourth-order valence-electron chi connectivity index (χ4n) is 0. The molecule has 1 atom stereocenters. The Balaban J connectivity index is 3.79. The molecule has 7 heavy (non-hydrogen) atoms. The Morgan fingerprint density at radius 3 is 1.57 bits per heavy atom. The van der Waals surface area contributed by atoms with Crippen LogP contribution in [-0.4, -0.2) is 10.8 Å². The van der Waals surface area contributed by atoms with Gasteiger partial charge in [0.25, 0.3) is 0 Å². The van der Waals surface area contributed by atoms with Crippen LogP contribution in [0.4, 0.5) is 13.2 Å². The summed E-state index contributed by atoms with van der Waals surface area (Å²) in [6, 6.07) is 0. The van der Waals surface area contributed by atoms with E-state index in [-0.39, 0.29) is 0 Å². The molecule has 0 aromatic rings. The van der Waals surface area contributed by atoms with Crippen LogP contribution in [0, 0.1) is 0 Å². The molecule has 0 amide bonds. The average molecular weight is 133 g/mol. The maximum absolute atomic E-state index is 10.6. The predicted octanol–water partition coefficient (Wildman–Crippen LogP) is 1.24. The van der Waals surface area contributed by atoms with Crippen LogP contribution in [0.5, 0.6) is 0 Å². The van der Waals surface area contributed by atoms with E-state index in [0.29, 0.717) is 0 Å². The number of hydrogen-bond acceptors (Lipinski definition) is 1. The van der Waals surface area contributed by atoms with Crippen molar-refractivity contribution in [3.8, 4) is 0 Å². The van der Waals surface area contributed by atoms with Gasteiger partial charge < -0.3 is 0 Å². The summed E-state index contributed by atoms with van der Waals surface area (Å²) >= 11 is 0. The molecule has 0 heterocycles. The molecule has 1 N–H and O–H groups in total. The molecule has 0 saturated heterocycles. The summed E-state index contributed by atoms with van der Waals surface area (Å²) in [5.74, 6) is -4.94. The van der Waals surface area contributed by atoms with Crippen molar-refractivity contribution in [2.45, 2.75) is 5.92 Å². The molecule has 0 aliphatic rings. The highest BCUT2D eigenvalue weighted by atomic mass is 31.1. The SMILES string of the molecule is O=[P+](O)C(F)(F)F. The van der Waals surface area contributed by atoms with Crippen molar-refractivity contribution in [3.05, 3.63) is 0 Å². The molecule has 0 aliphatic heterocycles. The summed E-state index contributed by atoms with van der Waals surface area (Å²) in [5.41, 5.74) is 0. The van der Waals surface area contributed by atoms with Gasteiger partial charge in [0.2, 0.25) is 0 Å². The van der Waals surface area contributed by atoms with Gasteiger partial charge in [-0.05, 0) is 4.57 Å². The quantitative estimate of drug-likeness (QED) is 0.504. The molecule has 0 fully saturated rings. The van der Waals surface area contributed by atoms with E-state index in [1.54, 1.807) is 0 Å². The zero-order valence-corrected chi connectivity index (χ0v) is 3.83. The molecular weight excluding hydrogens is 132 g/mol. The van der Waals surface area contributed by atoms with Gasteiger partial charge in [-0.1, -0.05) is 0 Å². The fourth-order valence-corrected chi connectivity index (χ4v) is 0. The van der Waals surface area contributed by atoms with E-state index in [0.717, 1.165) is 0 Å². The second kappa shape index (κ2) is 1.76. The first-order valence-corrected chi connectivity index (χ1v) is 2.39. The Morgan fingerprint density at radius 2 is 1.57 bits per heavy atom. The minimum absolute atomic E-state index is 3.99. The summed E-state index contributed by atoms with van der Waals surface area (Å²) < 4.78 is 41.0. The first-order valence-electron chi connectivity index (χ1n) is 1.17. The van der Waals surface area contributed by atoms with Gasteiger partial charge in [0.15, 0.2) is 0 Å². The summed E-state index contributed by atoms with van der Waals surface area (Å²) in [6.45, 7) is 0. The van der Waals surface area contributed by atoms with E-state index in [4.69, 9.17) is 9.46 Å². The van der Waals surface area contributed by atoms with E-state index in [9.17, 15) is 13.2 Å². The Kier molecular flexibility index (Phi) is 1.72. The van der Waals surface area contributed by atoms with Crippen LogP contribution in [-0.2, 0) is 4.57 Å². The number of halogens is 3.